The highest BCUT2D eigenvalue weighted by Crippen LogP contribution is 2.33. The van der Waals surface area contributed by atoms with E-state index in [0.717, 1.165) is 6.26 Å². The van der Waals surface area contributed by atoms with E-state index >= 15 is 0 Å². The standard InChI is InChI=1S/C4H8ClIO3S/c1-3(7)4(5,6)10(2,8)9/h3,7H,1-2H3/t3-,4-/m1/s1. The van der Waals surface area contributed by atoms with Crippen LogP contribution in [0.25, 0.3) is 0 Å². The lowest BCUT2D eigenvalue weighted by molar-refractivity contribution is 0.204. The number of hydrogen-bond donors (Lipinski definition) is 1. The second kappa shape index (κ2) is 3.12. The first-order valence-corrected chi connectivity index (χ1v) is 5.80. The Morgan fingerprint density at radius 1 is 1.70 bits per heavy atom. The van der Waals surface area contributed by atoms with Gasteiger partial charge in [-0.15, -0.1) is 0 Å². The first-order valence-electron chi connectivity index (χ1n) is 2.45. The number of alkyl halides is 2. The van der Waals surface area contributed by atoms with Gasteiger partial charge in [-0.25, -0.2) is 8.42 Å². The van der Waals surface area contributed by atoms with Crippen LogP contribution < -0.4 is 0 Å². The van der Waals surface area contributed by atoms with Crippen molar-refractivity contribution in [3.8, 4) is 0 Å². The van der Waals surface area contributed by atoms with Gasteiger partial charge in [0.2, 0.25) is 2.21 Å². The minimum absolute atomic E-state index is 0.985. The lowest BCUT2D eigenvalue weighted by Gasteiger charge is -2.20. The van der Waals surface area contributed by atoms with Crippen molar-refractivity contribution in [2.75, 3.05) is 6.26 Å². The van der Waals surface area contributed by atoms with Crippen LogP contribution in [0.5, 0.6) is 0 Å². The van der Waals surface area contributed by atoms with Crippen LogP contribution in [0.15, 0.2) is 0 Å². The Kier molecular flexibility index (Phi) is 3.41. The number of sulfone groups is 1. The maximum absolute atomic E-state index is 10.8. The van der Waals surface area contributed by atoms with Crippen molar-refractivity contribution in [3.05, 3.63) is 0 Å². The Hall–Kier alpha value is 0.930. The van der Waals surface area contributed by atoms with E-state index in [-0.39, 0.29) is 0 Å². The van der Waals surface area contributed by atoms with Crippen LogP contribution in [0.3, 0.4) is 0 Å². The summed E-state index contributed by atoms with van der Waals surface area (Å²) in [4.78, 5) is 0. The van der Waals surface area contributed by atoms with Gasteiger partial charge in [-0.05, 0) is 29.5 Å². The Balaban J connectivity index is 4.76. The summed E-state index contributed by atoms with van der Waals surface area (Å²) in [5, 5.41) is 8.90. The molecular formula is C4H8ClIO3S. The second-order valence-electron chi connectivity index (χ2n) is 2.01. The van der Waals surface area contributed by atoms with Gasteiger partial charge in [-0.2, -0.15) is 0 Å². The molecule has 0 spiro atoms. The molecule has 2 atom stereocenters. The molecule has 0 saturated carbocycles. The molecule has 0 bridgehead atoms. The summed E-state index contributed by atoms with van der Waals surface area (Å²) in [6.07, 6.45) is -0.0936. The molecule has 0 radical (unpaired) electrons. The van der Waals surface area contributed by atoms with E-state index in [2.05, 4.69) is 0 Å². The Labute approximate surface area is 78.8 Å². The van der Waals surface area contributed by atoms with E-state index < -0.39 is 18.2 Å². The average Bonchev–Trinajstić information content (AvgIpc) is 1.62. The fourth-order valence-electron chi connectivity index (χ4n) is 0.310. The summed E-state index contributed by atoms with van der Waals surface area (Å²) < 4.78 is 20.0. The van der Waals surface area contributed by atoms with E-state index in [1.54, 1.807) is 0 Å². The Morgan fingerprint density at radius 3 is 2.00 bits per heavy atom. The third kappa shape index (κ3) is 2.21. The normalized spacial score (nSPS) is 21.7. The maximum Gasteiger partial charge on any atom is 0.220 e. The molecule has 1 N–H and O–H groups in total. The summed E-state index contributed by atoms with van der Waals surface area (Å²) in [6, 6.07) is 0. The van der Waals surface area contributed by atoms with Crippen molar-refractivity contribution in [1.29, 1.82) is 0 Å². The Bertz CT molecular complexity index is 209. The van der Waals surface area contributed by atoms with Crippen LogP contribution in [0, 0.1) is 0 Å². The van der Waals surface area contributed by atoms with Gasteiger partial charge < -0.3 is 5.11 Å². The second-order valence-corrected chi connectivity index (χ2v) is 8.09. The lowest BCUT2D eigenvalue weighted by atomic mass is 10.5. The van der Waals surface area contributed by atoms with Crippen LogP contribution in [0.1, 0.15) is 6.92 Å². The first kappa shape index (κ1) is 10.9. The fraction of sp³-hybridized carbons (Fsp3) is 1.00. The topological polar surface area (TPSA) is 54.4 Å². The zero-order valence-corrected chi connectivity index (χ0v) is 9.24. The van der Waals surface area contributed by atoms with Crippen LogP contribution in [0.4, 0.5) is 0 Å². The van der Waals surface area contributed by atoms with Crippen LogP contribution in [-0.4, -0.2) is 28.1 Å². The highest BCUT2D eigenvalue weighted by Gasteiger charge is 2.40. The molecule has 0 aliphatic rings. The van der Waals surface area contributed by atoms with E-state index in [1.165, 1.54) is 29.5 Å². The smallest absolute Gasteiger partial charge is 0.220 e. The number of aliphatic hydroxyl groups excluding tert-OH is 1. The predicted octanol–water partition coefficient (Wildman–Crippen LogP) is 0.739. The molecule has 0 saturated heterocycles. The number of aliphatic hydroxyl groups is 1. The molecule has 62 valence electrons. The highest BCUT2D eigenvalue weighted by molar-refractivity contribution is 14.1. The van der Waals surface area contributed by atoms with Crippen molar-refractivity contribution in [2.45, 2.75) is 15.2 Å². The average molecular weight is 299 g/mol. The zero-order chi connectivity index (χ0) is 8.58. The summed E-state index contributed by atoms with van der Waals surface area (Å²) in [7, 11) is -3.40. The van der Waals surface area contributed by atoms with Gasteiger partial charge in [0.25, 0.3) is 0 Å². The van der Waals surface area contributed by atoms with Gasteiger partial charge in [-0.3, -0.25) is 0 Å². The molecule has 0 aromatic heterocycles. The quantitative estimate of drug-likeness (QED) is 0.604. The van der Waals surface area contributed by atoms with Gasteiger partial charge in [0, 0.05) is 6.26 Å². The minimum Gasteiger partial charge on any atom is -0.390 e. The third-order valence-corrected chi connectivity index (χ3v) is 6.77. The van der Waals surface area contributed by atoms with Crippen molar-refractivity contribution in [3.63, 3.8) is 0 Å². The Morgan fingerprint density at radius 2 is 2.00 bits per heavy atom. The molecule has 0 aliphatic carbocycles. The molecule has 0 aliphatic heterocycles. The van der Waals surface area contributed by atoms with Gasteiger partial charge in [-0.1, -0.05) is 11.6 Å². The molecule has 10 heavy (non-hydrogen) atoms. The number of rotatable bonds is 2. The van der Waals surface area contributed by atoms with Gasteiger partial charge in [0.1, 0.15) is 0 Å². The number of hydrogen-bond acceptors (Lipinski definition) is 3. The predicted molar refractivity (Wildman–Crippen MR) is 49.1 cm³/mol. The molecule has 0 aromatic carbocycles. The van der Waals surface area contributed by atoms with Gasteiger partial charge in [0.05, 0.1) is 6.10 Å². The molecular weight excluding hydrogens is 290 g/mol. The van der Waals surface area contributed by atoms with Gasteiger partial charge >= 0.3 is 0 Å². The molecule has 0 rings (SSSR count). The largest absolute Gasteiger partial charge is 0.390 e. The summed E-state index contributed by atoms with van der Waals surface area (Å²) in [5.41, 5.74) is 0. The van der Waals surface area contributed by atoms with Crippen LogP contribution >= 0.6 is 34.2 Å². The lowest BCUT2D eigenvalue weighted by Crippen LogP contribution is -2.35. The number of halogens is 2. The van der Waals surface area contributed by atoms with E-state index in [0.29, 0.717) is 0 Å². The molecule has 6 heteroatoms. The van der Waals surface area contributed by atoms with E-state index in [4.69, 9.17) is 16.7 Å². The molecule has 0 amide bonds. The summed E-state index contributed by atoms with van der Waals surface area (Å²) in [5.74, 6) is 0. The van der Waals surface area contributed by atoms with E-state index in [1.807, 2.05) is 0 Å². The first-order chi connectivity index (χ1) is 4.19. The summed E-state index contributed by atoms with van der Waals surface area (Å²) >= 11 is 7.00. The molecule has 3 nitrogen and oxygen atoms in total. The van der Waals surface area contributed by atoms with Crippen LogP contribution in [0.2, 0.25) is 0 Å². The summed E-state index contributed by atoms with van der Waals surface area (Å²) in [6.45, 7) is 1.33. The molecule has 0 heterocycles. The highest BCUT2D eigenvalue weighted by atomic mass is 127. The van der Waals surface area contributed by atoms with Crippen molar-refractivity contribution < 1.29 is 13.5 Å². The SMILES string of the molecule is C[C@@H](O)[C@@](Cl)(I)S(C)(=O)=O. The minimum atomic E-state index is -3.40. The monoisotopic (exact) mass is 298 g/mol. The molecule has 0 aromatic rings. The van der Waals surface area contributed by atoms with Crippen molar-refractivity contribution >= 4 is 44.0 Å². The third-order valence-electron chi connectivity index (χ3n) is 0.981. The molecule has 0 fully saturated rings. The van der Waals surface area contributed by atoms with E-state index in [9.17, 15) is 8.42 Å². The van der Waals surface area contributed by atoms with Gasteiger partial charge in [0.15, 0.2) is 9.84 Å². The fourth-order valence-corrected chi connectivity index (χ4v) is 0.929. The van der Waals surface area contributed by atoms with Crippen molar-refractivity contribution in [1.82, 2.24) is 0 Å². The van der Waals surface area contributed by atoms with Crippen LogP contribution in [-0.2, 0) is 9.84 Å². The van der Waals surface area contributed by atoms with Crippen molar-refractivity contribution in [2.24, 2.45) is 0 Å². The zero-order valence-electron chi connectivity index (χ0n) is 5.51. The maximum atomic E-state index is 10.8. The molecule has 0 unspecified atom stereocenters.